The zero-order valence-corrected chi connectivity index (χ0v) is 18.5. The van der Waals surface area contributed by atoms with E-state index >= 15 is 0 Å². The largest absolute Gasteiger partial charge is 0.465 e. The summed E-state index contributed by atoms with van der Waals surface area (Å²) >= 11 is 3.70. The number of hydrogen-bond acceptors (Lipinski definition) is 3. The highest BCUT2D eigenvalue weighted by Crippen LogP contribution is 2.45. The molecule has 2 aromatic rings. The molecule has 2 aromatic carbocycles. The Hall–Kier alpha value is -2.20. The summed E-state index contributed by atoms with van der Waals surface area (Å²) in [5.41, 5.74) is 4.19. The van der Waals surface area contributed by atoms with Crippen LogP contribution in [-0.4, -0.2) is 18.9 Å². The molecule has 0 atom stereocenters. The van der Waals surface area contributed by atoms with E-state index in [0.717, 1.165) is 21.2 Å². The van der Waals surface area contributed by atoms with E-state index < -0.39 is 5.41 Å². The third-order valence-electron chi connectivity index (χ3n) is 5.63. The van der Waals surface area contributed by atoms with E-state index in [1.165, 1.54) is 12.7 Å². The second-order valence-corrected chi connectivity index (χ2v) is 9.33. The molecule has 0 unspecified atom stereocenters. The van der Waals surface area contributed by atoms with Gasteiger partial charge in [0.2, 0.25) is 0 Å². The van der Waals surface area contributed by atoms with Crippen LogP contribution in [0, 0.1) is 0 Å². The van der Waals surface area contributed by atoms with Gasteiger partial charge in [-0.05, 0) is 65.8 Å². The predicted octanol–water partition coefficient (Wildman–Crippen LogP) is 5.93. The number of fused-ring (bicyclic) bond motifs is 1. The number of ketones is 1. The molecule has 0 saturated heterocycles. The summed E-state index contributed by atoms with van der Waals surface area (Å²) < 4.78 is 5.73. The first kappa shape index (κ1) is 20.5. The topological polar surface area (TPSA) is 43.4 Å². The lowest BCUT2D eigenvalue weighted by atomic mass is 9.62. The van der Waals surface area contributed by atoms with Crippen molar-refractivity contribution in [1.82, 2.24) is 0 Å². The van der Waals surface area contributed by atoms with Gasteiger partial charge >= 0.3 is 5.97 Å². The summed E-state index contributed by atoms with van der Waals surface area (Å²) in [5.74, 6) is -0.0666. The fraction of sp³-hybridized carbons (Fsp3) is 0.333. The molecule has 0 bridgehead atoms. The standard InChI is InChI=1S/C24H25BrO3/c1-23(2)14-21(26)24(3,4)19-12-17(20(25)13-18(19)23)11-8-15-6-9-16(10-7-15)22(27)28-5/h6-13H,14H2,1-5H3/b11-8+. The van der Waals surface area contributed by atoms with Gasteiger partial charge < -0.3 is 4.74 Å². The number of carbonyl (C=O) groups excluding carboxylic acids is 2. The summed E-state index contributed by atoms with van der Waals surface area (Å²) in [6.45, 7) is 8.28. The van der Waals surface area contributed by atoms with Gasteiger partial charge in [-0.15, -0.1) is 0 Å². The van der Waals surface area contributed by atoms with E-state index in [9.17, 15) is 9.59 Å². The molecule has 0 aliphatic heterocycles. The van der Waals surface area contributed by atoms with E-state index in [4.69, 9.17) is 4.74 Å². The normalized spacial score (nSPS) is 17.4. The molecule has 146 valence electrons. The van der Waals surface area contributed by atoms with Gasteiger partial charge in [-0.25, -0.2) is 4.79 Å². The molecule has 1 aliphatic carbocycles. The Labute approximate surface area is 174 Å². The minimum atomic E-state index is -0.490. The molecule has 1 aliphatic rings. The zero-order valence-electron chi connectivity index (χ0n) is 16.9. The Morgan fingerprint density at radius 1 is 1.04 bits per heavy atom. The van der Waals surface area contributed by atoms with Gasteiger partial charge in [0.05, 0.1) is 12.7 Å². The highest BCUT2D eigenvalue weighted by atomic mass is 79.9. The maximum absolute atomic E-state index is 12.7. The van der Waals surface area contributed by atoms with Crippen molar-refractivity contribution in [1.29, 1.82) is 0 Å². The van der Waals surface area contributed by atoms with Crippen molar-refractivity contribution in [3.63, 3.8) is 0 Å². The summed E-state index contributed by atoms with van der Waals surface area (Å²) in [7, 11) is 1.37. The van der Waals surface area contributed by atoms with Crippen molar-refractivity contribution < 1.29 is 14.3 Å². The van der Waals surface area contributed by atoms with Gasteiger partial charge in [0.1, 0.15) is 5.78 Å². The van der Waals surface area contributed by atoms with Gasteiger partial charge in [-0.2, -0.15) is 0 Å². The number of rotatable bonds is 3. The lowest BCUT2D eigenvalue weighted by molar-refractivity contribution is -0.125. The maximum atomic E-state index is 12.7. The minimum absolute atomic E-state index is 0.170. The third-order valence-corrected chi connectivity index (χ3v) is 6.31. The van der Waals surface area contributed by atoms with E-state index in [-0.39, 0.29) is 17.2 Å². The van der Waals surface area contributed by atoms with Crippen molar-refractivity contribution in [2.45, 2.75) is 44.9 Å². The number of esters is 1. The number of halogens is 1. The van der Waals surface area contributed by atoms with Crippen LogP contribution in [0.4, 0.5) is 0 Å². The second kappa shape index (κ2) is 7.32. The van der Waals surface area contributed by atoms with Crippen molar-refractivity contribution in [2.24, 2.45) is 0 Å². The van der Waals surface area contributed by atoms with E-state index in [1.54, 1.807) is 12.1 Å². The van der Waals surface area contributed by atoms with Crippen molar-refractivity contribution >= 4 is 39.8 Å². The molecule has 0 amide bonds. The molecule has 0 aromatic heterocycles. The van der Waals surface area contributed by atoms with Crippen LogP contribution in [0.5, 0.6) is 0 Å². The summed E-state index contributed by atoms with van der Waals surface area (Å²) in [6, 6.07) is 11.5. The highest BCUT2D eigenvalue weighted by molar-refractivity contribution is 9.10. The quantitative estimate of drug-likeness (QED) is 0.438. The second-order valence-electron chi connectivity index (χ2n) is 8.48. The zero-order chi connectivity index (χ0) is 20.7. The molecule has 0 fully saturated rings. The molecule has 0 heterocycles. The molecule has 0 N–H and O–H groups in total. The number of ether oxygens (including phenoxy) is 1. The van der Waals surface area contributed by atoms with Gasteiger partial charge in [0.25, 0.3) is 0 Å². The first-order valence-electron chi connectivity index (χ1n) is 9.30. The van der Waals surface area contributed by atoms with Crippen molar-refractivity contribution in [3.8, 4) is 0 Å². The number of carbonyl (C=O) groups is 2. The van der Waals surface area contributed by atoms with E-state index in [0.29, 0.717) is 12.0 Å². The van der Waals surface area contributed by atoms with Crippen molar-refractivity contribution in [3.05, 3.63) is 68.7 Å². The summed E-state index contributed by atoms with van der Waals surface area (Å²) in [5, 5.41) is 0. The molecule has 0 radical (unpaired) electrons. The first-order valence-corrected chi connectivity index (χ1v) is 10.1. The van der Waals surface area contributed by atoms with Gasteiger partial charge in [-0.3, -0.25) is 4.79 Å². The molecule has 3 rings (SSSR count). The van der Waals surface area contributed by atoms with Crippen LogP contribution in [0.25, 0.3) is 12.2 Å². The number of hydrogen-bond donors (Lipinski definition) is 0. The number of methoxy groups -OCH3 is 1. The molecule has 4 heteroatoms. The van der Waals surface area contributed by atoms with Crippen LogP contribution in [-0.2, 0) is 20.4 Å². The molecule has 0 saturated carbocycles. The Kier molecular flexibility index (Phi) is 5.37. The Morgan fingerprint density at radius 2 is 1.68 bits per heavy atom. The Morgan fingerprint density at radius 3 is 2.29 bits per heavy atom. The Balaban J connectivity index is 1.98. The van der Waals surface area contributed by atoms with Crippen LogP contribution in [0.3, 0.4) is 0 Å². The lowest BCUT2D eigenvalue weighted by Crippen LogP contribution is -2.42. The van der Waals surface area contributed by atoms with Gasteiger partial charge in [0.15, 0.2) is 0 Å². The third kappa shape index (κ3) is 3.70. The smallest absolute Gasteiger partial charge is 0.337 e. The van der Waals surface area contributed by atoms with Crippen LogP contribution >= 0.6 is 15.9 Å². The predicted molar refractivity (Wildman–Crippen MR) is 117 cm³/mol. The fourth-order valence-electron chi connectivity index (χ4n) is 3.70. The van der Waals surface area contributed by atoms with Crippen molar-refractivity contribution in [2.75, 3.05) is 7.11 Å². The highest BCUT2D eigenvalue weighted by Gasteiger charge is 2.43. The summed E-state index contributed by atoms with van der Waals surface area (Å²) in [6.07, 6.45) is 4.58. The molecular formula is C24H25BrO3. The van der Waals surface area contributed by atoms with Gasteiger partial charge in [-0.1, -0.05) is 54.1 Å². The maximum Gasteiger partial charge on any atom is 0.337 e. The van der Waals surface area contributed by atoms with Gasteiger partial charge in [0, 0.05) is 16.3 Å². The fourth-order valence-corrected chi connectivity index (χ4v) is 4.17. The minimum Gasteiger partial charge on any atom is -0.465 e. The van der Waals surface area contributed by atoms with E-state index in [2.05, 4.69) is 41.9 Å². The summed E-state index contributed by atoms with van der Waals surface area (Å²) in [4.78, 5) is 24.3. The van der Waals surface area contributed by atoms with Crippen LogP contribution in [0.15, 0.2) is 40.9 Å². The van der Waals surface area contributed by atoms with Crippen LogP contribution in [0.2, 0.25) is 0 Å². The molecule has 3 nitrogen and oxygen atoms in total. The van der Waals surface area contributed by atoms with Crippen LogP contribution in [0.1, 0.15) is 66.7 Å². The monoisotopic (exact) mass is 440 g/mol. The average Bonchev–Trinajstić information content (AvgIpc) is 2.65. The number of Topliss-reactive ketones (excluding diaryl/α,β-unsaturated/α-hetero) is 1. The molecule has 28 heavy (non-hydrogen) atoms. The van der Waals surface area contributed by atoms with Crippen LogP contribution < -0.4 is 0 Å². The average molecular weight is 441 g/mol. The SMILES string of the molecule is COC(=O)c1ccc(/C=C/c2cc3c(cc2Br)C(C)(C)CC(=O)C3(C)C)cc1. The molecular weight excluding hydrogens is 416 g/mol. The van der Waals surface area contributed by atoms with E-state index in [1.807, 2.05) is 38.1 Å². The molecule has 0 spiro atoms. The lowest BCUT2D eigenvalue weighted by Gasteiger charge is -2.40. The number of benzene rings is 2. The Bertz CT molecular complexity index is 966. The first-order chi connectivity index (χ1) is 13.1.